The van der Waals surface area contributed by atoms with E-state index in [-0.39, 0.29) is 11.8 Å². The van der Waals surface area contributed by atoms with Crippen molar-refractivity contribution in [3.05, 3.63) is 57.9 Å². The van der Waals surface area contributed by atoms with Gasteiger partial charge in [0.25, 0.3) is 0 Å². The van der Waals surface area contributed by atoms with E-state index < -0.39 is 10.0 Å². The lowest BCUT2D eigenvalue weighted by Gasteiger charge is -2.30. The van der Waals surface area contributed by atoms with Gasteiger partial charge in [-0.2, -0.15) is 4.31 Å². The summed E-state index contributed by atoms with van der Waals surface area (Å²) in [6.45, 7) is 0.602. The summed E-state index contributed by atoms with van der Waals surface area (Å²) in [5, 5.41) is 6.11. The number of hydrogen-bond acceptors (Lipinski definition) is 6. The monoisotopic (exact) mass is 541 g/mol. The smallest absolute Gasteiger partial charge is 0.244 e. The third-order valence-corrected chi connectivity index (χ3v) is 9.84. The fraction of sp³-hybridized carbons (Fsp3) is 0.273. The molecule has 11 heteroatoms. The lowest BCUT2D eigenvalue weighted by Crippen LogP contribution is -2.41. The topological polar surface area (TPSA) is 79.4 Å². The molecular formula is C22H21Cl2N3O3S3. The van der Waals surface area contributed by atoms with Crippen LogP contribution in [0.5, 0.6) is 0 Å². The molecule has 0 atom stereocenters. The molecule has 1 amide bonds. The van der Waals surface area contributed by atoms with Crippen LogP contribution < -0.4 is 5.32 Å². The second-order valence-corrected chi connectivity index (χ2v) is 11.9. The van der Waals surface area contributed by atoms with Crippen LogP contribution in [0.1, 0.15) is 12.8 Å². The van der Waals surface area contributed by atoms with Crippen LogP contribution in [0.4, 0.5) is 5.13 Å². The number of nitrogens with one attached hydrogen (secondary N) is 1. The second-order valence-electron chi connectivity index (χ2n) is 7.49. The normalized spacial score (nSPS) is 15.5. The Labute approximate surface area is 211 Å². The molecule has 1 aliphatic heterocycles. The molecule has 1 aromatic heterocycles. The van der Waals surface area contributed by atoms with Gasteiger partial charge in [0.15, 0.2) is 5.13 Å². The van der Waals surface area contributed by atoms with Crippen molar-refractivity contribution in [2.24, 2.45) is 5.92 Å². The molecule has 0 unspecified atom stereocenters. The van der Waals surface area contributed by atoms with Crippen molar-refractivity contribution < 1.29 is 13.2 Å². The molecule has 1 aliphatic rings. The van der Waals surface area contributed by atoms with Crippen molar-refractivity contribution in [2.45, 2.75) is 22.6 Å². The molecule has 2 heterocycles. The van der Waals surface area contributed by atoms with E-state index in [1.807, 2.05) is 23.8 Å². The number of carbonyl (C=O) groups is 1. The third kappa shape index (κ3) is 5.39. The van der Waals surface area contributed by atoms with Crippen molar-refractivity contribution >= 4 is 67.4 Å². The Bertz CT molecular complexity index is 1270. The molecule has 0 bridgehead atoms. The Morgan fingerprint density at radius 1 is 1.15 bits per heavy atom. The molecule has 4 rings (SSSR count). The summed E-state index contributed by atoms with van der Waals surface area (Å²) in [6.07, 6.45) is 2.77. The van der Waals surface area contributed by atoms with Crippen molar-refractivity contribution in [2.75, 3.05) is 24.7 Å². The van der Waals surface area contributed by atoms with E-state index in [1.165, 1.54) is 27.4 Å². The van der Waals surface area contributed by atoms with Gasteiger partial charge in [-0.25, -0.2) is 13.4 Å². The van der Waals surface area contributed by atoms with E-state index in [0.29, 0.717) is 51.7 Å². The lowest BCUT2D eigenvalue weighted by molar-refractivity contribution is -0.120. The van der Waals surface area contributed by atoms with Crippen LogP contribution in [0, 0.1) is 5.92 Å². The predicted octanol–water partition coefficient (Wildman–Crippen LogP) is 5.88. The number of amides is 1. The van der Waals surface area contributed by atoms with Crippen molar-refractivity contribution in [1.29, 1.82) is 0 Å². The number of thioether (sulfide) groups is 1. The fourth-order valence-electron chi connectivity index (χ4n) is 3.66. The van der Waals surface area contributed by atoms with Crippen LogP contribution in [0.15, 0.2) is 57.6 Å². The highest BCUT2D eigenvalue weighted by Gasteiger charge is 2.33. The molecule has 1 fully saturated rings. The predicted molar refractivity (Wildman–Crippen MR) is 136 cm³/mol. The first-order chi connectivity index (χ1) is 15.8. The number of aromatic nitrogens is 1. The zero-order valence-corrected chi connectivity index (χ0v) is 21.6. The molecule has 0 radical (unpaired) electrons. The number of piperidine rings is 1. The average Bonchev–Trinajstić information content (AvgIpc) is 3.29. The summed E-state index contributed by atoms with van der Waals surface area (Å²) in [4.78, 5) is 18.3. The Morgan fingerprint density at radius 3 is 2.58 bits per heavy atom. The van der Waals surface area contributed by atoms with Gasteiger partial charge in [0.1, 0.15) is 0 Å². The molecular weight excluding hydrogens is 521 g/mol. The van der Waals surface area contributed by atoms with Gasteiger partial charge in [0.05, 0.1) is 20.6 Å². The highest BCUT2D eigenvalue weighted by molar-refractivity contribution is 7.99. The summed E-state index contributed by atoms with van der Waals surface area (Å²) < 4.78 is 27.7. The molecule has 1 N–H and O–H groups in total. The maximum absolute atomic E-state index is 13.1. The summed E-state index contributed by atoms with van der Waals surface area (Å²) in [6, 6.07) is 12.2. The average molecular weight is 543 g/mol. The van der Waals surface area contributed by atoms with E-state index in [9.17, 15) is 13.2 Å². The van der Waals surface area contributed by atoms with Gasteiger partial charge in [-0.3, -0.25) is 4.79 Å². The van der Waals surface area contributed by atoms with Gasteiger partial charge in [0.2, 0.25) is 15.9 Å². The Balaban J connectivity index is 1.38. The molecule has 1 saturated heterocycles. The molecule has 6 nitrogen and oxygen atoms in total. The molecule has 33 heavy (non-hydrogen) atoms. The van der Waals surface area contributed by atoms with Crippen molar-refractivity contribution in [3.8, 4) is 11.3 Å². The molecule has 0 spiro atoms. The maximum Gasteiger partial charge on any atom is 0.244 e. The summed E-state index contributed by atoms with van der Waals surface area (Å²) in [5.74, 6) is -0.420. The number of thiazole rings is 1. The largest absolute Gasteiger partial charge is 0.302 e. The molecule has 3 aromatic rings. The van der Waals surface area contributed by atoms with Crippen LogP contribution in [0.2, 0.25) is 10.0 Å². The first kappa shape index (κ1) is 24.5. The van der Waals surface area contributed by atoms with Crippen LogP contribution >= 0.6 is 46.3 Å². The van der Waals surface area contributed by atoms with E-state index in [2.05, 4.69) is 10.3 Å². The number of nitrogens with zero attached hydrogens (tertiary/aromatic N) is 2. The lowest BCUT2D eigenvalue weighted by atomic mass is 9.97. The zero-order valence-electron chi connectivity index (χ0n) is 17.6. The van der Waals surface area contributed by atoms with Gasteiger partial charge in [-0.05, 0) is 43.4 Å². The SMILES string of the molecule is CSc1ccccc1S(=O)(=O)N1CCC(C(=O)Nc2nc(-c3ccc(Cl)c(Cl)c3)cs2)CC1. The van der Waals surface area contributed by atoms with Gasteiger partial charge < -0.3 is 5.32 Å². The molecule has 0 aliphatic carbocycles. The Hall–Kier alpha value is -1.62. The summed E-state index contributed by atoms with van der Waals surface area (Å²) in [7, 11) is -3.60. The highest BCUT2D eigenvalue weighted by Crippen LogP contribution is 2.32. The van der Waals surface area contributed by atoms with E-state index in [4.69, 9.17) is 23.2 Å². The zero-order chi connectivity index (χ0) is 23.6. The minimum absolute atomic E-state index is 0.147. The fourth-order valence-corrected chi connectivity index (χ4v) is 7.27. The first-order valence-corrected chi connectivity index (χ1v) is 14.4. The number of hydrogen-bond donors (Lipinski definition) is 1. The maximum atomic E-state index is 13.1. The Morgan fingerprint density at radius 2 is 1.88 bits per heavy atom. The number of benzene rings is 2. The van der Waals surface area contributed by atoms with E-state index in [1.54, 1.807) is 30.3 Å². The number of halogens is 2. The van der Waals surface area contributed by atoms with Gasteiger partial charge in [-0.1, -0.05) is 41.4 Å². The van der Waals surface area contributed by atoms with E-state index in [0.717, 1.165) is 10.5 Å². The Kier molecular flexibility index (Phi) is 7.67. The first-order valence-electron chi connectivity index (χ1n) is 10.1. The van der Waals surface area contributed by atoms with Crippen LogP contribution in [0.3, 0.4) is 0 Å². The second kappa shape index (κ2) is 10.3. The number of carbonyl (C=O) groups excluding carboxylic acids is 1. The third-order valence-electron chi connectivity index (χ3n) is 5.46. The van der Waals surface area contributed by atoms with Crippen LogP contribution in [0.25, 0.3) is 11.3 Å². The highest BCUT2D eigenvalue weighted by atomic mass is 35.5. The number of anilines is 1. The van der Waals surface area contributed by atoms with Gasteiger partial charge in [0, 0.05) is 34.8 Å². The standard InChI is InChI=1S/C22H21Cl2N3O3S3/c1-31-19-4-2-3-5-20(19)33(29,30)27-10-8-14(9-11-27)21(28)26-22-25-18(13-32-22)15-6-7-16(23)17(24)12-15/h2-7,12-14H,8-11H2,1H3,(H,25,26,28). The minimum atomic E-state index is -3.60. The summed E-state index contributed by atoms with van der Waals surface area (Å²) >= 11 is 14.8. The number of sulfonamides is 1. The van der Waals surface area contributed by atoms with Gasteiger partial charge >= 0.3 is 0 Å². The van der Waals surface area contributed by atoms with Crippen LogP contribution in [-0.2, 0) is 14.8 Å². The number of rotatable bonds is 6. The van der Waals surface area contributed by atoms with Crippen molar-refractivity contribution in [1.82, 2.24) is 9.29 Å². The van der Waals surface area contributed by atoms with E-state index >= 15 is 0 Å². The molecule has 174 valence electrons. The molecule has 2 aromatic carbocycles. The van der Waals surface area contributed by atoms with Gasteiger partial charge in [-0.15, -0.1) is 23.1 Å². The van der Waals surface area contributed by atoms with Crippen LogP contribution in [-0.4, -0.2) is 43.0 Å². The molecule has 0 saturated carbocycles. The van der Waals surface area contributed by atoms with Crippen molar-refractivity contribution in [3.63, 3.8) is 0 Å². The quantitative estimate of drug-likeness (QED) is 0.394. The summed E-state index contributed by atoms with van der Waals surface area (Å²) in [5.41, 5.74) is 1.51. The minimum Gasteiger partial charge on any atom is -0.302 e.